The van der Waals surface area contributed by atoms with Gasteiger partial charge in [-0.3, -0.25) is 0 Å². The summed E-state index contributed by atoms with van der Waals surface area (Å²) in [7, 11) is 1.37. The van der Waals surface area contributed by atoms with E-state index in [1.807, 2.05) is 0 Å². The number of aliphatic hydroxyl groups is 4. The van der Waals surface area contributed by atoms with Gasteiger partial charge in [-0.1, -0.05) is 0 Å². The zero-order valence-corrected chi connectivity index (χ0v) is 17.3. The van der Waals surface area contributed by atoms with E-state index in [1.54, 1.807) is 0 Å². The highest BCUT2D eigenvalue weighted by atomic mass is 16.7. The molecule has 0 unspecified atom stereocenters. The fourth-order valence-electron chi connectivity index (χ4n) is 3.63. The van der Waals surface area contributed by atoms with E-state index in [4.69, 9.17) is 18.6 Å². The quantitative estimate of drug-likeness (QED) is 0.264. The minimum Gasteiger partial charge on any atom is -0.507 e. The molecule has 0 aliphatic carbocycles. The van der Waals surface area contributed by atoms with E-state index in [2.05, 4.69) is 0 Å². The molecule has 1 aliphatic rings. The number of hydrogen-bond acceptors (Lipinski definition) is 10. The predicted molar refractivity (Wildman–Crippen MR) is 112 cm³/mol. The van der Waals surface area contributed by atoms with Crippen molar-refractivity contribution in [1.82, 2.24) is 0 Å². The molecule has 7 N–H and O–H groups in total. The van der Waals surface area contributed by atoms with Crippen molar-refractivity contribution in [2.45, 2.75) is 30.7 Å². The number of methoxy groups -OCH3 is 1. The van der Waals surface area contributed by atoms with Crippen molar-refractivity contribution in [1.29, 1.82) is 0 Å². The van der Waals surface area contributed by atoms with E-state index in [-0.39, 0.29) is 45.5 Å². The average molecular weight is 463 g/mol. The Morgan fingerprint density at radius 3 is 2.39 bits per heavy atom. The molecule has 11 nitrogen and oxygen atoms in total. The van der Waals surface area contributed by atoms with Crippen molar-refractivity contribution < 1.29 is 54.4 Å². The molecule has 1 fully saturated rings. The van der Waals surface area contributed by atoms with E-state index in [9.17, 15) is 35.7 Å². The molecule has 0 amide bonds. The largest absolute Gasteiger partial charge is 0.507 e. The van der Waals surface area contributed by atoms with Crippen LogP contribution >= 0.6 is 0 Å². The number of benzene rings is 2. The highest BCUT2D eigenvalue weighted by Gasteiger charge is 2.45. The van der Waals surface area contributed by atoms with Crippen molar-refractivity contribution in [3.63, 3.8) is 0 Å². The standard InChI is InChI=1S/C22H22O11/c1-30-16-4-9(2-3-12(16)24)20-14(26)7-11-13(25)5-10(6-15(11)32-20)31-21-19(28)18(27)17(8-23)33-22(21)29/h2-7,17-19,21-23,27-29H,8H2,1H3,(H2-,24,25,26)/p+1/t17-,18-,19+,21-,22-/m1/s1. The molecule has 0 saturated carbocycles. The van der Waals surface area contributed by atoms with Crippen molar-refractivity contribution >= 4 is 11.0 Å². The third-order valence-corrected chi connectivity index (χ3v) is 5.38. The third kappa shape index (κ3) is 4.19. The second-order valence-corrected chi connectivity index (χ2v) is 7.51. The molecule has 3 aromatic rings. The van der Waals surface area contributed by atoms with Crippen LogP contribution in [0.1, 0.15) is 0 Å². The van der Waals surface area contributed by atoms with Gasteiger partial charge in [0.1, 0.15) is 35.2 Å². The van der Waals surface area contributed by atoms with E-state index in [0.29, 0.717) is 5.56 Å². The Morgan fingerprint density at radius 1 is 0.939 bits per heavy atom. The Hall–Kier alpha value is -3.35. The topological polar surface area (TPSA) is 181 Å². The minimum atomic E-state index is -1.67. The van der Waals surface area contributed by atoms with Crippen molar-refractivity contribution in [3.05, 3.63) is 36.4 Å². The number of ether oxygens (including phenoxy) is 3. The maximum absolute atomic E-state index is 10.4. The molecule has 1 aliphatic heterocycles. The van der Waals surface area contributed by atoms with Gasteiger partial charge in [-0.05, 0) is 12.1 Å². The molecule has 1 aromatic heterocycles. The number of aromatic hydroxyl groups is 3. The summed E-state index contributed by atoms with van der Waals surface area (Å²) in [6.45, 7) is -0.619. The molecule has 2 aromatic carbocycles. The van der Waals surface area contributed by atoms with Crippen molar-refractivity contribution in [2.75, 3.05) is 13.7 Å². The summed E-state index contributed by atoms with van der Waals surface area (Å²) in [5, 5.41) is 70.4. The number of aliphatic hydroxyl groups excluding tert-OH is 4. The summed E-state index contributed by atoms with van der Waals surface area (Å²) in [6, 6.07) is 8.10. The lowest BCUT2D eigenvalue weighted by Gasteiger charge is -2.39. The van der Waals surface area contributed by atoms with Gasteiger partial charge in [0.2, 0.25) is 5.75 Å². The van der Waals surface area contributed by atoms with Crippen LogP contribution in [-0.2, 0) is 4.74 Å². The molecule has 11 heteroatoms. The highest BCUT2D eigenvalue weighted by molar-refractivity contribution is 5.88. The molecule has 0 spiro atoms. The van der Waals surface area contributed by atoms with Gasteiger partial charge in [-0.2, -0.15) is 0 Å². The first-order valence-corrected chi connectivity index (χ1v) is 9.91. The number of phenolic OH excluding ortho intramolecular Hbond substituents is 2. The molecule has 0 radical (unpaired) electrons. The first kappa shape index (κ1) is 22.8. The zero-order valence-electron chi connectivity index (χ0n) is 17.3. The normalized spacial score (nSPS) is 25.2. The second-order valence-electron chi connectivity index (χ2n) is 7.51. The lowest BCUT2D eigenvalue weighted by Crippen LogP contribution is -2.60. The second kappa shape index (κ2) is 8.89. The van der Waals surface area contributed by atoms with Crippen molar-refractivity contribution in [3.8, 4) is 40.1 Å². The number of rotatable bonds is 5. The molecule has 4 rings (SSSR count). The van der Waals surface area contributed by atoms with Crippen LogP contribution in [0, 0.1) is 0 Å². The van der Waals surface area contributed by atoms with E-state index < -0.39 is 37.3 Å². The number of fused-ring (bicyclic) bond motifs is 1. The summed E-state index contributed by atoms with van der Waals surface area (Å²) < 4.78 is 21.5. The SMILES string of the molecule is COc1cc(-c2[o+]c3cc(O[C@@H]4[C@@H](O)[C@H](O)[C@@H](CO)O[C@H]4O)cc(O)c3cc2O)ccc1O. The van der Waals surface area contributed by atoms with E-state index >= 15 is 0 Å². The van der Waals surface area contributed by atoms with Crippen LogP contribution in [-0.4, -0.2) is 80.2 Å². The molecule has 5 atom stereocenters. The summed E-state index contributed by atoms with van der Waals surface area (Å²) in [6.07, 6.45) is -7.41. The Morgan fingerprint density at radius 2 is 1.70 bits per heavy atom. The van der Waals surface area contributed by atoms with Crippen LogP contribution in [0.15, 0.2) is 40.8 Å². The van der Waals surface area contributed by atoms with Gasteiger partial charge in [0, 0.05) is 18.2 Å². The minimum absolute atomic E-state index is 0.0135. The molecular formula is C22H23O11+. The van der Waals surface area contributed by atoms with Gasteiger partial charge in [-0.25, -0.2) is 4.42 Å². The highest BCUT2D eigenvalue weighted by Crippen LogP contribution is 2.41. The number of phenols is 2. The molecular weight excluding hydrogens is 440 g/mol. The monoisotopic (exact) mass is 463 g/mol. The molecule has 1 saturated heterocycles. The Labute approximate surface area is 186 Å². The Kier molecular flexibility index (Phi) is 6.15. The molecule has 176 valence electrons. The van der Waals surface area contributed by atoms with Gasteiger partial charge in [0.25, 0.3) is 0 Å². The summed E-state index contributed by atoms with van der Waals surface area (Å²) in [4.78, 5) is 0. The first-order chi connectivity index (χ1) is 15.7. The summed E-state index contributed by atoms with van der Waals surface area (Å²) >= 11 is 0. The Bertz CT molecular complexity index is 1160. The fourth-order valence-corrected chi connectivity index (χ4v) is 3.63. The zero-order chi connectivity index (χ0) is 23.9. The van der Waals surface area contributed by atoms with Crippen LogP contribution in [0.25, 0.3) is 22.3 Å². The molecule has 2 heterocycles. The summed E-state index contributed by atoms with van der Waals surface area (Å²) in [5.74, 6) is -0.589. The average Bonchev–Trinajstić information content (AvgIpc) is 2.79. The van der Waals surface area contributed by atoms with Crippen LogP contribution in [0.5, 0.6) is 28.7 Å². The van der Waals surface area contributed by atoms with E-state index in [1.165, 1.54) is 43.5 Å². The lowest BCUT2D eigenvalue weighted by atomic mass is 9.99. The predicted octanol–water partition coefficient (Wildman–Crippen LogP) is 0.685. The van der Waals surface area contributed by atoms with Gasteiger partial charge < -0.3 is 50.0 Å². The maximum Gasteiger partial charge on any atom is 0.402 e. The number of hydrogen-bond donors (Lipinski definition) is 7. The van der Waals surface area contributed by atoms with Gasteiger partial charge in [-0.15, -0.1) is 0 Å². The van der Waals surface area contributed by atoms with Crippen LogP contribution in [0.3, 0.4) is 0 Å². The van der Waals surface area contributed by atoms with Gasteiger partial charge in [0.05, 0.1) is 25.3 Å². The van der Waals surface area contributed by atoms with Crippen LogP contribution in [0.4, 0.5) is 0 Å². The van der Waals surface area contributed by atoms with Crippen molar-refractivity contribution in [2.24, 2.45) is 0 Å². The van der Waals surface area contributed by atoms with Gasteiger partial charge in [0.15, 0.2) is 23.9 Å². The molecule has 0 bridgehead atoms. The third-order valence-electron chi connectivity index (χ3n) is 5.38. The fraction of sp³-hybridized carbons (Fsp3) is 0.318. The molecule has 33 heavy (non-hydrogen) atoms. The van der Waals surface area contributed by atoms with Crippen LogP contribution in [0.2, 0.25) is 0 Å². The Balaban J connectivity index is 1.71. The smallest absolute Gasteiger partial charge is 0.402 e. The lowest BCUT2D eigenvalue weighted by molar-refractivity contribution is -0.280. The van der Waals surface area contributed by atoms with Crippen LogP contribution < -0.4 is 9.47 Å². The van der Waals surface area contributed by atoms with Gasteiger partial charge >= 0.3 is 11.3 Å². The van der Waals surface area contributed by atoms with E-state index in [0.717, 1.165) is 0 Å². The maximum atomic E-state index is 10.4. The summed E-state index contributed by atoms with van der Waals surface area (Å²) in [5.41, 5.74) is 0.457. The first-order valence-electron chi connectivity index (χ1n) is 9.91.